The molecule has 80 valence electrons. The first kappa shape index (κ1) is 11.8. The molecule has 1 aliphatic rings. The van der Waals surface area contributed by atoms with Gasteiger partial charge in [0.15, 0.2) is 11.5 Å². The van der Waals surface area contributed by atoms with Crippen molar-refractivity contribution in [3.05, 3.63) is 23.3 Å². The highest BCUT2D eigenvalue weighted by atomic mass is 32.1. The first-order valence-electron chi connectivity index (χ1n) is 4.51. The Labute approximate surface area is 97.0 Å². The predicted octanol–water partition coefficient (Wildman–Crippen LogP) is 2.09. The van der Waals surface area contributed by atoms with Gasteiger partial charge in [0.05, 0.1) is 14.2 Å². The molecule has 0 aromatic heterocycles. The summed E-state index contributed by atoms with van der Waals surface area (Å²) in [6, 6.07) is 3.98. The number of ether oxygens (including phenoxy) is 2. The zero-order valence-electron chi connectivity index (χ0n) is 8.83. The van der Waals surface area contributed by atoms with Crippen molar-refractivity contribution in [1.82, 2.24) is 0 Å². The third kappa shape index (κ3) is 1.78. The maximum Gasteiger partial charge on any atom is 0.161 e. The molecular formula is C12H14O2S. The Morgan fingerprint density at radius 1 is 1.27 bits per heavy atom. The van der Waals surface area contributed by atoms with Gasteiger partial charge in [0.1, 0.15) is 0 Å². The lowest BCUT2D eigenvalue weighted by molar-refractivity contribution is 0.353. The third-order valence-electron chi connectivity index (χ3n) is 2.65. The Balaban J connectivity index is 0.00000112. The van der Waals surface area contributed by atoms with Gasteiger partial charge in [-0.15, -0.1) is 6.42 Å². The van der Waals surface area contributed by atoms with E-state index in [4.69, 9.17) is 15.9 Å². The summed E-state index contributed by atoms with van der Waals surface area (Å²) in [5.41, 5.74) is 2.47. The molecular weight excluding hydrogens is 208 g/mol. The van der Waals surface area contributed by atoms with E-state index in [0.717, 1.165) is 17.9 Å². The van der Waals surface area contributed by atoms with E-state index in [-0.39, 0.29) is 19.4 Å². The minimum Gasteiger partial charge on any atom is -0.493 e. The molecule has 1 atom stereocenters. The number of benzene rings is 1. The summed E-state index contributed by atoms with van der Waals surface area (Å²) in [6.45, 7) is 0. The number of rotatable bonds is 2. The van der Waals surface area contributed by atoms with Gasteiger partial charge < -0.3 is 9.47 Å². The Morgan fingerprint density at radius 2 is 1.87 bits per heavy atom. The lowest BCUT2D eigenvalue weighted by Gasteiger charge is -2.27. The highest BCUT2D eigenvalue weighted by Crippen LogP contribution is 2.41. The number of hydrogen-bond acceptors (Lipinski definition) is 2. The summed E-state index contributed by atoms with van der Waals surface area (Å²) in [5.74, 6) is 4.54. The molecule has 1 aromatic carbocycles. The van der Waals surface area contributed by atoms with Crippen LogP contribution >= 0.6 is 13.5 Å². The summed E-state index contributed by atoms with van der Waals surface area (Å²) in [6.07, 6.45) is 6.34. The lowest BCUT2D eigenvalue weighted by Crippen LogP contribution is -2.15. The third-order valence-corrected chi connectivity index (χ3v) is 2.65. The van der Waals surface area contributed by atoms with Crippen LogP contribution in [-0.2, 0) is 6.42 Å². The van der Waals surface area contributed by atoms with E-state index in [1.54, 1.807) is 14.2 Å². The van der Waals surface area contributed by atoms with Gasteiger partial charge in [-0.1, -0.05) is 5.92 Å². The Kier molecular flexibility index (Phi) is 3.54. The zero-order chi connectivity index (χ0) is 10.1. The summed E-state index contributed by atoms with van der Waals surface area (Å²) in [7, 11) is 3.27. The molecule has 0 saturated carbocycles. The van der Waals surface area contributed by atoms with Crippen molar-refractivity contribution in [3.8, 4) is 23.8 Å². The average molecular weight is 222 g/mol. The van der Waals surface area contributed by atoms with E-state index in [0.29, 0.717) is 0 Å². The van der Waals surface area contributed by atoms with Gasteiger partial charge in [-0.2, -0.15) is 13.5 Å². The van der Waals surface area contributed by atoms with Crippen molar-refractivity contribution < 1.29 is 9.47 Å². The average Bonchev–Trinajstić information content (AvgIpc) is 2.20. The van der Waals surface area contributed by atoms with Crippen molar-refractivity contribution in [2.24, 2.45) is 0 Å². The second-order valence-electron chi connectivity index (χ2n) is 3.33. The Morgan fingerprint density at radius 3 is 2.40 bits per heavy atom. The van der Waals surface area contributed by atoms with E-state index in [1.165, 1.54) is 11.1 Å². The van der Waals surface area contributed by atoms with Crippen molar-refractivity contribution in [2.45, 2.75) is 12.3 Å². The first-order chi connectivity index (χ1) is 6.80. The number of hydrogen-bond donors (Lipinski definition) is 0. The second-order valence-corrected chi connectivity index (χ2v) is 3.33. The fourth-order valence-electron chi connectivity index (χ4n) is 1.79. The van der Waals surface area contributed by atoms with Crippen LogP contribution in [0.3, 0.4) is 0 Å². The molecule has 15 heavy (non-hydrogen) atoms. The lowest BCUT2D eigenvalue weighted by atomic mass is 9.78. The van der Waals surface area contributed by atoms with Gasteiger partial charge >= 0.3 is 0 Å². The molecule has 0 unspecified atom stereocenters. The molecule has 0 spiro atoms. The molecule has 0 amide bonds. The maximum atomic E-state index is 5.39. The molecule has 0 heterocycles. The molecule has 0 radical (unpaired) electrons. The molecule has 3 heteroatoms. The monoisotopic (exact) mass is 222 g/mol. The number of methoxy groups -OCH3 is 2. The molecule has 0 aliphatic heterocycles. The SMILES string of the molecule is C#C[C@H]1Cc2cc(OC)c(OC)cc21.S. The van der Waals surface area contributed by atoms with Crippen LogP contribution in [-0.4, -0.2) is 14.2 Å². The topological polar surface area (TPSA) is 18.5 Å². The number of fused-ring (bicyclic) bond motifs is 1. The van der Waals surface area contributed by atoms with Crippen LogP contribution in [0.15, 0.2) is 12.1 Å². The van der Waals surface area contributed by atoms with Crippen LogP contribution in [0.5, 0.6) is 11.5 Å². The molecule has 0 fully saturated rings. The Hall–Kier alpha value is -1.27. The summed E-state index contributed by atoms with van der Waals surface area (Å²) in [4.78, 5) is 0. The quantitative estimate of drug-likeness (QED) is 0.713. The van der Waals surface area contributed by atoms with Gasteiger partial charge in [-0.3, -0.25) is 0 Å². The molecule has 2 rings (SSSR count). The molecule has 0 N–H and O–H groups in total. The zero-order valence-corrected chi connectivity index (χ0v) is 9.83. The minimum absolute atomic E-state index is 0. The van der Waals surface area contributed by atoms with Crippen molar-refractivity contribution >= 4 is 13.5 Å². The van der Waals surface area contributed by atoms with Crippen molar-refractivity contribution in [2.75, 3.05) is 14.2 Å². The van der Waals surface area contributed by atoms with Crippen LogP contribution in [0.25, 0.3) is 0 Å². The van der Waals surface area contributed by atoms with Crippen LogP contribution < -0.4 is 9.47 Å². The van der Waals surface area contributed by atoms with Gasteiger partial charge in [-0.25, -0.2) is 0 Å². The van der Waals surface area contributed by atoms with E-state index in [9.17, 15) is 0 Å². The normalized spacial score (nSPS) is 16.5. The molecule has 2 nitrogen and oxygen atoms in total. The fraction of sp³-hybridized carbons (Fsp3) is 0.333. The molecule has 0 bridgehead atoms. The summed E-state index contributed by atoms with van der Waals surface area (Å²) < 4.78 is 10.4. The largest absolute Gasteiger partial charge is 0.493 e. The van der Waals surface area contributed by atoms with Crippen LogP contribution in [0.1, 0.15) is 17.0 Å². The van der Waals surface area contributed by atoms with Crippen LogP contribution in [0.4, 0.5) is 0 Å². The number of terminal acetylenes is 1. The highest BCUT2D eigenvalue weighted by molar-refractivity contribution is 7.59. The minimum atomic E-state index is 0. The standard InChI is InChI=1S/C12H12O2.H2S/c1-4-8-5-9-6-11(13-2)12(14-3)7-10(8)9;/h1,6-8H,5H2,2-3H3;1H2/t8-;/m0./s1. The highest BCUT2D eigenvalue weighted by Gasteiger charge is 2.26. The predicted molar refractivity (Wildman–Crippen MR) is 65.2 cm³/mol. The van der Waals surface area contributed by atoms with E-state index < -0.39 is 0 Å². The fourth-order valence-corrected chi connectivity index (χ4v) is 1.79. The van der Waals surface area contributed by atoms with Crippen LogP contribution in [0.2, 0.25) is 0 Å². The van der Waals surface area contributed by atoms with E-state index >= 15 is 0 Å². The maximum absolute atomic E-state index is 5.39. The van der Waals surface area contributed by atoms with Crippen molar-refractivity contribution in [3.63, 3.8) is 0 Å². The Bertz CT molecular complexity index is 407. The smallest absolute Gasteiger partial charge is 0.161 e. The van der Waals surface area contributed by atoms with Gasteiger partial charge in [0, 0.05) is 5.92 Å². The first-order valence-corrected chi connectivity index (χ1v) is 4.51. The summed E-state index contributed by atoms with van der Waals surface area (Å²) >= 11 is 0. The van der Waals surface area contributed by atoms with Crippen molar-refractivity contribution in [1.29, 1.82) is 0 Å². The van der Waals surface area contributed by atoms with Gasteiger partial charge in [0.25, 0.3) is 0 Å². The summed E-state index contributed by atoms with van der Waals surface area (Å²) in [5, 5.41) is 0. The van der Waals surface area contributed by atoms with Gasteiger partial charge in [0.2, 0.25) is 0 Å². The second kappa shape index (κ2) is 4.50. The molecule has 1 aliphatic carbocycles. The van der Waals surface area contributed by atoms with Crippen LogP contribution in [0, 0.1) is 12.3 Å². The van der Waals surface area contributed by atoms with E-state index in [1.807, 2.05) is 12.1 Å². The molecule has 1 aromatic rings. The van der Waals surface area contributed by atoms with E-state index in [2.05, 4.69) is 5.92 Å². The molecule has 0 saturated heterocycles. The van der Waals surface area contributed by atoms with Gasteiger partial charge in [-0.05, 0) is 29.7 Å².